The Balaban J connectivity index is 2.01. The van der Waals surface area contributed by atoms with Gasteiger partial charge in [-0.2, -0.15) is 0 Å². The number of hydrogen-bond donors (Lipinski definition) is 2. The first-order valence-corrected chi connectivity index (χ1v) is 9.88. The summed E-state index contributed by atoms with van der Waals surface area (Å²) in [5.74, 6) is 0.395. The van der Waals surface area contributed by atoms with E-state index in [1.165, 1.54) is 28.7 Å². The van der Waals surface area contributed by atoms with Gasteiger partial charge in [0.2, 0.25) is 11.0 Å². The second-order valence-corrected chi connectivity index (χ2v) is 8.11. The lowest BCUT2D eigenvalue weighted by atomic mass is 9.97. The molecule has 24 heavy (non-hydrogen) atoms. The minimum Gasteiger partial charge on any atom is -0.360 e. The highest BCUT2D eigenvalue weighted by Gasteiger charge is 2.19. The molecule has 1 aromatic carbocycles. The van der Waals surface area contributed by atoms with Gasteiger partial charge in [0.1, 0.15) is 0 Å². The number of nitrogens with zero attached hydrogens (tertiary/aromatic N) is 2. The molecule has 2 atom stereocenters. The number of benzene rings is 1. The van der Waals surface area contributed by atoms with Crippen molar-refractivity contribution in [1.82, 2.24) is 10.2 Å². The van der Waals surface area contributed by atoms with Crippen molar-refractivity contribution in [3.63, 3.8) is 0 Å². The van der Waals surface area contributed by atoms with Gasteiger partial charge in [0.15, 0.2) is 4.34 Å². The summed E-state index contributed by atoms with van der Waals surface area (Å²) in [6.45, 7) is 9.03. The normalized spacial score (nSPS) is 13.3. The lowest BCUT2D eigenvalue weighted by molar-refractivity contribution is -0.115. The van der Waals surface area contributed by atoms with E-state index in [1.807, 2.05) is 32.0 Å². The van der Waals surface area contributed by atoms with Crippen molar-refractivity contribution < 1.29 is 4.79 Å². The van der Waals surface area contributed by atoms with E-state index in [4.69, 9.17) is 0 Å². The summed E-state index contributed by atoms with van der Waals surface area (Å²) in [4.78, 5) is 12.5. The number of carbonyl (C=O) groups is 1. The molecule has 2 aromatic rings. The summed E-state index contributed by atoms with van der Waals surface area (Å²) >= 11 is 2.90. The van der Waals surface area contributed by atoms with Crippen LogP contribution in [0.2, 0.25) is 0 Å². The molecule has 0 aliphatic carbocycles. The summed E-state index contributed by atoms with van der Waals surface area (Å²) in [6, 6.07) is 8.01. The maximum atomic E-state index is 12.5. The Labute approximate surface area is 151 Å². The second-order valence-electron chi connectivity index (χ2n) is 5.55. The monoisotopic (exact) mass is 364 g/mol. The van der Waals surface area contributed by atoms with Crippen LogP contribution in [0.3, 0.4) is 0 Å². The molecular weight excluding hydrogens is 340 g/mol. The lowest BCUT2D eigenvalue weighted by Crippen LogP contribution is -2.23. The molecule has 7 heteroatoms. The lowest BCUT2D eigenvalue weighted by Gasteiger charge is -2.17. The van der Waals surface area contributed by atoms with Gasteiger partial charge >= 0.3 is 0 Å². The number of nitrogens with one attached hydrogen (secondary N) is 2. The van der Waals surface area contributed by atoms with E-state index in [0.717, 1.165) is 28.1 Å². The Morgan fingerprint density at radius 2 is 2.00 bits per heavy atom. The van der Waals surface area contributed by atoms with Gasteiger partial charge in [-0.15, -0.1) is 10.2 Å². The van der Waals surface area contributed by atoms with Gasteiger partial charge in [-0.25, -0.2) is 0 Å². The van der Waals surface area contributed by atoms with Crippen LogP contribution in [0, 0.1) is 0 Å². The van der Waals surface area contributed by atoms with Gasteiger partial charge in [0, 0.05) is 12.2 Å². The summed E-state index contributed by atoms with van der Waals surface area (Å²) in [6.07, 6.45) is 1.04. The van der Waals surface area contributed by atoms with Crippen LogP contribution in [0.25, 0.3) is 0 Å². The summed E-state index contributed by atoms with van der Waals surface area (Å²) in [5.41, 5.74) is 2.07. The zero-order valence-corrected chi connectivity index (χ0v) is 16.1. The predicted molar refractivity (Wildman–Crippen MR) is 103 cm³/mol. The number of para-hydroxylation sites is 1. The van der Waals surface area contributed by atoms with Crippen LogP contribution in [0.1, 0.15) is 45.6 Å². The van der Waals surface area contributed by atoms with Crippen molar-refractivity contribution in [2.24, 2.45) is 0 Å². The van der Waals surface area contributed by atoms with Crippen LogP contribution in [-0.4, -0.2) is 27.9 Å². The SMILES string of the molecule is CCNc1nnc(SC(C)C(=O)Nc2ccccc2C(C)CC)s1. The average molecular weight is 365 g/mol. The van der Waals surface area contributed by atoms with E-state index in [0.29, 0.717) is 5.92 Å². The van der Waals surface area contributed by atoms with Crippen molar-refractivity contribution in [3.05, 3.63) is 29.8 Å². The number of hydrogen-bond acceptors (Lipinski definition) is 6. The van der Waals surface area contributed by atoms with E-state index in [9.17, 15) is 4.79 Å². The molecule has 2 rings (SSSR count). The molecule has 0 radical (unpaired) electrons. The number of rotatable bonds is 8. The van der Waals surface area contributed by atoms with Gasteiger partial charge in [-0.05, 0) is 37.8 Å². The third-order valence-corrected chi connectivity index (χ3v) is 5.81. The summed E-state index contributed by atoms with van der Waals surface area (Å²) < 4.78 is 0.795. The number of thioether (sulfide) groups is 1. The molecule has 130 valence electrons. The number of carbonyl (C=O) groups excluding carboxylic acids is 1. The highest BCUT2D eigenvalue weighted by atomic mass is 32.2. The minimum absolute atomic E-state index is 0.0176. The Morgan fingerprint density at radius 1 is 1.25 bits per heavy atom. The van der Waals surface area contributed by atoms with Crippen LogP contribution in [0.5, 0.6) is 0 Å². The van der Waals surface area contributed by atoms with Crippen LogP contribution in [0.15, 0.2) is 28.6 Å². The maximum Gasteiger partial charge on any atom is 0.237 e. The summed E-state index contributed by atoms with van der Waals surface area (Å²) in [7, 11) is 0. The number of anilines is 2. The molecule has 1 aromatic heterocycles. The zero-order valence-electron chi connectivity index (χ0n) is 14.5. The molecule has 1 heterocycles. The molecule has 0 fully saturated rings. The van der Waals surface area contributed by atoms with Crippen molar-refractivity contribution in [2.45, 2.75) is 49.6 Å². The van der Waals surface area contributed by atoms with E-state index in [2.05, 4.69) is 40.7 Å². The molecule has 5 nitrogen and oxygen atoms in total. The van der Waals surface area contributed by atoms with Crippen LogP contribution < -0.4 is 10.6 Å². The molecule has 0 saturated heterocycles. The average Bonchev–Trinajstić information content (AvgIpc) is 3.02. The fraction of sp³-hybridized carbons (Fsp3) is 0.471. The highest BCUT2D eigenvalue weighted by Crippen LogP contribution is 2.31. The van der Waals surface area contributed by atoms with E-state index < -0.39 is 0 Å². The van der Waals surface area contributed by atoms with Crippen LogP contribution >= 0.6 is 23.1 Å². The molecule has 0 aliphatic heterocycles. The third kappa shape index (κ3) is 4.95. The first-order valence-electron chi connectivity index (χ1n) is 8.18. The van der Waals surface area contributed by atoms with Gasteiger partial charge in [-0.1, -0.05) is 55.1 Å². The molecule has 2 unspecified atom stereocenters. The van der Waals surface area contributed by atoms with Crippen LogP contribution in [-0.2, 0) is 4.79 Å². The molecule has 2 N–H and O–H groups in total. The topological polar surface area (TPSA) is 66.9 Å². The predicted octanol–water partition coefficient (Wildman–Crippen LogP) is 4.60. The van der Waals surface area contributed by atoms with E-state index >= 15 is 0 Å². The smallest absolute Gasteiger partial charge is 0.237 e. The minimum atomic E-state index is -0.239. The van der Waals surface area contributed by atoms with Crippen molar-refractivity contribution in [1.29, 1.82) is 0 Å². The Morgan fingerprint density at radius 3 is 2.71 bits per heavy atom. The van der Waals surface area contributed by atoms with Crippen molar-refractivity contribution >= 4 is 39.8 Å². The van der Waals surface area contributed by atoms with E-state index in [1.54, 1.807) is 0 Å². The second kappa shape index (κ2) is 9.03. The van der Waals surface area contributed by atoms with Gasteiger partial charge in [0.25, 0.3) is 0 Å². The molecule has 0 spiro atoms. The zero-order chi connectivity index (χ0) is 17.5. The van der Waals surface area contributed by atoms with E-state index in [-0.39, 0.29) is 11.2 Å². The Hall–Kier alpha value is -1.60. The van der Waals surface area contributed by atoms with Crippen molar-refractivity contribution in [3.8, 4) is 0 Å². The standard InChI is InChI=1S/C17H24N4OS2/c1-5-11(3)13-9-7-8-10-14(13)19-15(22)12(4)23-17-21-20-16(24-17)18-6-2/h7-12H,5-6H2,1-4H3,(H,18,20)(H,19,22). The fourth-order valence-corrected chi connectivity index (χ4v) is 4.14. The van der Waals surface area contributed by atoms with Crippen LogP contribution in [0.4, 0.5) is 10.8 Å². The summed E-state index contributed by atoms with van der Waals surface area (Å²) in [5, 5.41) is 14.9. The van der Waals surface area contributed by atoms with Gasteiger partial charge < -0.3 is 10.6 Å². The highest BCUT2D eigenvalue weighted by molar-refractivity contribution is 8.02. The van der Waals surface area contributed by atoms with Crippen molar-refractivity contribution in [2.75, 3.05) is 17.2 Å². The quantitative estimate of drug-likeness (QED) is 0.670. The largest absolute Gasteiger partial charge is 0.360 e. The number of aromatic nitrogens is 2. The Bertz CT molecular complexity index is 674. The Kier molecular flexibility index (Phi) is 7.05. The number of amides is 1. The fourth-order valence-electron chi connectivity index (χ4n) is 2.18. The molecule has 0 aliphatic rings. The molecule has 0 saturated carbocycles. The first-order chi connectivity index (χ1) is 11.5. The van der Waals surface area contributed by atoms with Gasteiger partial charge in [-0.3, -0.25) is 4.79 Å². The van der Waals surface area contributed by atoms with Gasteiger partial charge in [0.05, 0.1) is 5.25 Å². The first kappa shape index (κ1) is 18.7. The third-order valence-electron chi connectivity index (χ3n) is 3.74. The molecule has 0 bridgehead atoms. The maximum absolute atomic E-state index is 12.5. The molecule has 1 amide bonds. The molecular formula is C17H24N4OS2.